The van der Waals surface area contributed by atoms with Gasteiger partial charge in [0, 0.05) is 30.8 Å². The molecular weight excluding hydrogens is 502 g/mol. The zero-order valence-corrected chi connectivity index (χ0v) is 25.4. The highest BCUT2D eigenvalue weighted by atomic mass is 16.5. The monoisotopic (exact) mass is 553 g/mol. The quantitative estimate of drug-likeness (QED) is 0.195. The first-order chi connectivity index (χ1) is 20.1. The molecule has 10 atom stereocenters. The Morgan fingerprint density at radius 1 is 0.780 bits per heavy atom. The average Bonchev–Trinajstić information content (AvgIpc) is 3.82. The largest absolute Gasteiger partial charge is 0.494 e. The third kappa shape index (κ3) is 5.30. The lowest BCUT2D eigenvalue weighted by molar-refractivity contribution is 0.103. The van der Waals surface area contributed by atoms with Gasteiger partial charge in [-0.2, -0.15) is 0 Å². The maximum absolute atomic E-state index is 12.6. The van der Waals surface area contributed by atoms with E-state index >= 15 is 0 Å². The second-order valence-electron chi connectivity index (χ2n) is 14.6. The lowest BCUT2D eigenvalue weighted by Crippen LogP contribution is -2.33. The van der Waals surface area contributed by atoms with Crippen LogP contribution in [0.2, 0.25) is 0 Å². The van der Waals surface area contributed by atoms with Gasteiger partial charge in [0.1, 0.15) is 5.75 Å². The highest BCUT2D eigenvalue weighted by Crippen LogP contribution is 2.62. The summed E-state index contributed by atoms with van der Waals surface area (Å²) in [6.45, 7) is 9.62. The number of fused-ring (bicyclic) bond motifs is 7. The summed E-state index contributed by atoms with van der Waals surface area (Å²) in [4.78, 5) is 15.4. The van der Waals surface area contributed by atoms with E-state index in [1.54, 1.807) is 19.3 Å². The zero-order chi connectivity index (χ0) is 27.9. The Hall–Kier alpha value is -2.13. The predicted molar refractivity (Wildman–Crippen MR) is 166 cm³/mol. The molecule has 0 amide bonds. The fraction of sp³-hybridized carbons (Fsp3) is 0.658. The lowest BCUT2D eigenvalue weighted by Gasteiger charge is -2.37. The third-order valence-corrected chi connectivity index (χ3v) is 12.9. The molecule has 0 aromatic heterocycles. The van der Waals surface area contributed by atoms with Crippen LogP contribution in [0.15, 0.2) is 54.6 Å². The van der Waals surface area contributed by atoms with Crippen molar-refractivity contribution in [1.82, 2.24) is 4.90 Å². The van der Waals surface area contributed by atoms with Gasteiger partial charge >= 0.3 is 0 Å². The fourth-order valence-electron chi connectivity index (χ4n) is 11.1. The predicted octanol–water partition coefficient (Wildman–Crippen LogP) is 8.38. The number of nitrogens with zero attached hydrogens (tertiary/aromatic N) is 1. The second-order valence-corrected chi connectivity index (χ2v) is 14.6. The number of rotatable bonds is 12. The van der Waals surface area contributed by atoms with E-state index < -0.39 is 0 Å². The van der Waals surface area contributed by atoms with Gasteiger partial charge in [-0.1, -0.05) is 57.0 Å². The minimum atomic E-state index is 0.0630. The summed E-state index contributed by atoms with van der Waals surface area (Å²) in [7, 11) is 0. The third-order valence-electron chi connectivity index (χ3n) is 12.9. The van der Waals surface area contributed by atoms with E-state index in [2.05, 4.69) is 18.7 Å². The molecule has 41 heavy (non-hydrogen) atoms. The van der Waals surface area contributed by atoms with Crippen LogP contribution in [-0.2, 0) is 0 Å². The molecular formula is C38H51NO2. The van der Waals surface area contributed by atoms with Gasteiger partial charge < -0.3 is 9.64 Å². The van der Waals surface area contributed by atoms with Gasteiger partial charge in [-0.05, 0) is 128 Å². The Labute approximate surface area is 248 Å². The van der Waals surface area contributed by atoms with E-state index in [0.29, 0.717) is 5.56 Å². The van der Waals surface area contributed by atoms with Crippen LogP contribution in [0, 0.1) is 59.2 Å². The lowest BCUT2D eigenvalue weighted by atomic mass is 9.68. The van der Waals surface area contributed by atoms with Crippen LogP contribution in [0.25, 0.3) is 0 Å². The summed E-state index contributed by atoms with van der Waals surface area (Å²) >= 11 is 0. The molecule has 4 saturated carbocycles. The first-order valence-corrected chi connectivity index (χ1v) is 17.2. The average molecular weight is 554 g/mol. The van der Waals surface area contributed by atoms with Crippen molar-refractivity contribution in [1.29, 1.82) is 0 Å². The number of hydrogen-bond donors (Lipinski definition) is 0. The molecule has 4 bridgehead atoms. The number of ether oxygens (including phenoxy) is 1. The molecule has 2 aromatic rings. The van der Waals surface area contributed by atoms with Gasteiger partial charge in [0.15, 0.2) is 5.78 Å². The molecule has 3 nitrogen and oxygen atoms in total. The molecule has 10 unspecified atom stereocenters. The standard InChI is InChI=1S/C38H51NO2/c1-3-31-28-13-14-29(21-28)33(31)12-7-11-32-25(2)34-22-35(32)37-24-39(23-36(34)37)19-8-20-41-30-17-15-27(16-18-30)38(40)26-9-5-4-6-10-26/h4-6,9-10,15-18,25,28-29,31-37H,3,7-8,11-14,19-24H2,1-2H3. The summed E-state index contributed by atoms with van der Waals surface area (Å²) in [5, 5.41) is 0. The molecule has 2 aromatic carbocycles. The maximum Gasteiger partial charge on any atom is 0.193 e. The van der Waals surface area contributed by atoms with Crippen molar-refractivity contribution >= 4 is 5.78 Å². The van der Waals surface area contributed by atoms with Gasteiger partial charge in [-0.3, -0.25) is 4.79 Å². The number of ketones is 1. The minimum absolute atomic E-state index is 0.0630. The number of likely N-dealkylation sites (tertiary alicyclic amines) is 1. The van der Waals surface area contributed by atoms with Crippen LogP contribution in [0.1, 0.15) is 87.6 Å². The normalized spacial score (nSPS) is 37.1. The molecule has 3 heteroatoms. The van der Waals surface area contributed by atoms with E-state index in [4.69, 9.17) is 4.74 Å². The molecule has 4 aliphatic carbocycles. The summed E-state index contributed by atoms with van der Waals surface area (Å²) in [6, 6.07) is 17.1. The molecule has 5 aliphatic rings. The Morgan fingerprint density at radius 2 is 1.46 bits per heavy atom. The Morgan fingerprint density at radius 3 is 2.22 bits per heavy atom. The maximum atomic E-state index is 12.6. The van der Waals surface area contributed by atoms with Crippen LogP contribution < -0.4 is 4.74 Å². The smallest absolute Gasteiger partial charge is 0.193 e. The molecule has 1 aliphatic heterocycles. The van der Waals surface area contributed by atoms with Crippen LogP contribution in [-0.4, -0.2) is 36.9 Å². The highest BCUT2D eigenvalue weighted by Gasteiger charge is 2.58. The molecule has 1 saturated heterocycles. The van der Waals surface area contributed by atoms with Crippen molar-refractivity contribution in [2.75, 3.05) is 26.2 Å². The Balaban J connectivity index is 0.844. The van der Waals surface area contributed by atoms with Gasteiger partial charge in [0.05, 0.1) is 6.61 Å². The fourth-order valence-corrected chi connectivity index (χ4v) is 11.1. The first kappa shape index (κ1) is 27.7. The van der Waals surface area contributed by atoms with Crippen molar-refractivity contribution in [3.63, 3.8) is 0 Å². The van der Waals surface area contributed by atoms with Gasteiger partial charge in [0.25, 0.3) is 0 Å². The minimum Gasteiger partial charge on any atom is -0.494 e. The molecule has 7 rings (SSSR count). The summed E-state index contributed by atoms with van der Waals surface area (Å²) in [5.41, 5.74) is 1.44. The van der Waals surface area contributed by atoms with Crippen molar-refractivity contribution in [3.8, 4) is 5.75 Å². The van der Waals surface area contributed by atoms with Crippen LogP contribution >= 0.6 is 0 Å². The SMILES string of the molecule is CCC1C2CCC(C2)C1CCCC1C(C)C2CC1C1CN(CCCOc3ccc(C(=O)c4ccccc4)cc3)CC21. The molecule has 5 fully saturated rings. The summed E-state index contributed by atoms with van der Waals surface area (Å²) in [5.74, 6) is 11.1. The van der Waals surface area contributed by atoms with Gasteiger partial charge in [-0.15, -0.1) is 0 Å². The zero-order valence-electron chi connectivity index (χ0n) is 25.4. The topological polar surface area (TPSA) is 29.5 Å². The summed E-state index contributed by atoms with van der Waals surface area (Å²) in [6.07, 6.45) is 13.2. The van der Waals surface area contributed by atoms with Crippen LogP contribution in [0.3, 0.4) is 0 Å². The van der Waals surface area contributed by atoms with E-state index in [9.17, 15) is 4.79 Å². The number of carbonyl (C=O) groups excluding carboxylic acids is 1. The second kappa shape index (κ2) is 11.9. The van der Waals surface area contributed by atoms with Crippen molar-refractivity contribution in [2.24, 2.45) is 59.2 Å². The van der Waals surface area contributed by atoms with Crippen molar-refractivity contribution in [3.05, 3.63) is 65.7 Å². The van der Waals surface area contributed by atoms with Crippen molar-refractivity contribution in [2.45, 2.75) is 71.6 Å². The molecule has 0 N–H and O–H groups in total. The van der Waals surface area contributed by atoms with E-state index in [0.717, 1.165) is 90.1 Å². The van der Waals surface area contributed by atoms with Crippen molar-refractivity contribution < 1.29 is 9.53 Å². The van der Waals surface area contributed by atoms with Gasteiger partial charge in [0.2, 0.25) is 0 Å². The van der Waals surface area contributed by atoms with E-state index in [-0.39, 0.29) is 5.78 Å². The first-order valence-electron chi connectivity index (χ1n) is 17.2. The Kier molecular flexibility index (Phi) is 8.01. The summed E-state index contributed by atoms with van der Waals surface area (Å²) < 4.78 is 6.07. The highest BCUT2D eigenvalue weighted by molar-refractivity contribution is 6.08. The van der Waals surface area contributed by atoms with Crippen LogP contribution in [0.5, 0.6) is 5.75 Å². The number of carbonyl (C=O) groups is 1. The van der Waals surface area contributed by atoms with Crippen LogP contribution in [0.4, 0.5) is 0 Å². The molecule has 220 valence electrons. The van der Waals surface area contributed by atoms with Gasteiger partial charge in [-0.25, -0.2) is 0 Å². The Bertz CT molecular complexity index is 1180. The van der Waals surface area contributed by atoms with E-state index in [1.165, 1.54) is 45.2 Å². The molecule has 0 radical (unpaired) electrons. The van der Waals surface area contributed by atoms with E-state index in [1.807, 2.05) is 54.6 Å². The molecule has 1 heterocycles. The molecule has 0 spiro atoms. The number of benzene rings is 2. The number of hydrogen-bond acceptors (Lipinski definition) is 3.